The first kappa shape index (κ1) is 21.7. The van der Waals surface area contributed by atoms with Gasteiger partial charge >= 0.3 is 0 Å². The Bertz CT molecular complexity index is 545. The fourth-order valence-corrected chi connectivity index (χ4v) is 2.76. The van der Waals surface area contributed by atoms with Crippen LogP contribution >= 0.6 is 12.4 Å². The van der Waals surface area contributed by atoms with E-state index in [0.717, 1.165) is 44.0 Å². The predicted molar refractivity (Wildman–Crippen MR) is 105 cm³/mol. The molecule has 1 aliphatic rings. The van der Waals surface area contributed by atoms with Crippen molar-refractivity contribution in [1.82, 2.24) is 15.5 Å². The molecule has 1 aromatic carbocycles. The molecule has 0 spiro atoms. The standard InChI is InChI=1S/C19H31N3O2.ClH/c1-14(2)17-6-5-15(3)18(13-17)24-16(4)19(23)21-9-12-22-10-7-20-8-11-22;/h5-6,13-14,16,20H,7-12H2,1-4H3,(H,21,23);1H. The third-order valence-corrected chi connectivity index (χ3v) is 4.49. The first-order chi connectivity index (χ1) is 11.5. The SMILES string of the molecule is Cc1ccc(C(C)C)cc1OC(C)C(=O)NCCN1CCNCC1.Cl. The Morgan fingerprint density at radius 1 is 1.28 bits per heavy atom. The minimum atomic E-state index is -0.492. The third-order valence-electron chi connectivity index (χ3n) is 4.49. The van der Waals surface area contributed by atoms with Crippen LogP contribution in [0.15, 0.2) is 18.2 Å². The second-order valence-corrected chi connectivity index (χ2v) is 6.82. The molecule has 2 N–H and O–H groups in total. The average Bonchev–Trinajstić information content (AvgIpc) is 2.57. The van der Waals surface area contributed by atoms with Crippen LogP contribution in [0.1, 0.15) is 37.8 Å². The van der Waals surface area contributed by atoms with Crippen molar-refractivity contribution in [3.63, 3.8) is 0 Å². The number of piperazine rings is 1. The van der Waals surface area contributed by atoms with Crippen molar-refractivity contribution in [3.05, 3.63) is 29.3 Å². The molecule has 25 heavy (non-hydrogen) atoms. The van der Waals surface area contributed by atoms with E-state index >= 15 is 0 Å². The number of nitrogens with one attached hydrogen (secondary N) is 2. The smallest absolute Gasteiger partial charge is 0.260 e. The van der Waals surface area contributed by atoms with Crippen LogP contribution in [0.2, 0.25) is 0 Å². The second-order valence-electron chi connectivity index (χ2n) is 6.82. The summed E-state index contributed by atoms with van der Waals surface area (Å²) >= 11 is 0. The first-order valence-corrected chi connectivity index (χ1v) is 8.95. The molecule has 1 saturated heterocycles. The summed E-state index contributed by atoms with van der Waals surface area (Å²) in [5, 5.41) is 6.31. The molecule has 0 aliphatic carbocycles. The number of benzene rings is 1. The van der Waals surface area contributed by atoms with Crippen LogP contribution in [0.5, 0.6) is 5.75 Å². The van der Waals surface area contributed by atoms with Crippen molar-refractivity contribution in [1.29, 1.82) is 0 Å². The van der Waals surface area contributed by atoms with Crippen molar-refractivity contribution < 1.29 is 9.53 Å². The zero-order valence-electron chi connectivity index (χ0n) is 15.8. The molecule has 1 fully saturated rings. The van der Waals surface area contributed by atoms with Crippen LogP contribution in [0, 0.1) is 6.92 Å². The molecule has 1 heterocycles. The number of nitrogens with zero attached hydrogens (tertiary/aromatic N) is 1. The molecule has 0 aromatic heterocycles. The van der Waals surface area contributed by atoms with Gasteiger partial charge in [-0.05, 0) is 37.0 Å². The van der Waals surface area contributed by atoms with Crippen molar-refractivity contribution in [2.45, 2.75) is 39.7 Å². The first-order valence-electron chi connectivity index (χ1n) is 8.95. The molecule has 6 heteroatoms. The largest absolute Gasteiger partial charge is 0.481 e. The van der Waals surface area contributed by atoms with Crippen LogP contribution in [0.4, 0.5) is 0 Å². The van der Waals surface area contributed by atoms with Crippen LogP contribution in [-0.2, 0) is 4.79 Å². The number of aryl methyl sites for hydroxylation is 1. The molecule has 1 atom stereocenters. The normalized spacial score (nSPS) is 16.2. The molecule has 1 unspecified atom stereocenters. The molecule has 1 amide bonds. The van der Waals surface area contributed by atoms with E-state index in [1.165, 1.54) is 5.56 Å². The Kier molecular flexibility index (Phi) is 9.25. The fraction of sp³-hybridized carbons (Fsp3) is 0.632. The molecule has 0 radical (unpaired) electrons. The van der Waals surface area contributed by atoms with Crippen LogP contribution in [-0.4, -0.2) is 56.2 Å². The Hall–Kier alpha value is -1.30. The lowest BCUT2D eigenvalue weighted by Gasteiger charge is -2.27. The average molecular weight is 370 g/mol. The summed E-state index contributed by atoms with van der Waals surface area (Å²) in [6.07, 6.45) is -0.492. The van der Waals surface area contributed by atoms with Gasteiger partial charge in [0.05, 0.1) is 0 Å². The Morgan fingerprint density at radius 2 is 1.96 bits per heavy atom. The van der Waals surface area contributed by atoms with E-state index in [1.54, 1.807) is 0 Å². The van der Waals surface area contributed by atoms with E-state index < -0.39 is 6.10 Å². The fourth-order valence-electron chi connectivity index (χ4n) is 2.76. The Morgan fingerprint density at radius 3 is 2.60 bits per heavy atom. The summed E-state index contributed by atoms with van der Waals surface area (Å²) in [7, 11) is 0. The molecular formula is C19H32ClN3O2. The maximum atomic E-state index is 12.3. The van der Waals surface area contributed by atoms with Gasteiger partial charge in [-0.25, -0.2) is 0 Å². The number of hydrogen-bond donors (Lipinski definition) is 2. The van der Waals surface area contributed by atoms with Gasteiger partial charge < -0.3 is 15.4 Å². The van der Waals surface area contributed by atoms with Crippen molar-refractivity contribution in [2.75, 3.05) is 39.3 Å². The van der Waals surface area contributed by atoms with Crippen molar-refractivity contribution >= 4 is 18.3 Å². The number of halogens is 1. The van der Waals surface area contributed by atoms with Gasteiger partial charge in [0.15, 0.2) is 6.10 Å². The predicted octanol–water partition coefficient (Wildman–Crippen LogP) is 2.33. The van der Waals surface area contributed by atoms with E-state index in [2.05, 4.69) is 41.5 Å². The van der Waals surface area contributed by atoms with Crippen molar-refractivity contribution in [3.8, 4) is 5.75 Å². The summed E-state index contributed by atoms with van der Waals surface area (Å²) in [6.45, 7) is 13.8. The molecule has 0 bridgehead atoms. The number of carbonyl (C=O) groups excluding carboxylic acids is 1. The summed E-state index contributed by atoms with van der Waals surface area (Å²) in [6, 6.07) is 6.22. The highest BCUT2D eigenvalue weighted by atomic mass is 35.5. The van der Waals surface area contributed by atoms with E-state index in [-0.39, 0.29) is 18.3 Å². The lowest BCUT2D eigenvalue weighted by molar-refractivity contribution is -0.127. The molecule has 1 aliphatic heterocycles. The van der Waals surface area contributed by atoms with Gasteiger partial charge in [-0.3, -0.25) is 9.69 Å². The topological polar surface area (TPSA) is 53.6 Å². The second kappa shape index (κ2) is 10.6. The maximum absolute atomic E-state index is 12.3. The summed E-state index contributed by atoms with van der Waals surface area (Å²) in [5.41, 5.74) is 2.28. The zero-order valence-corrected chi connectivity index (χ0v) is 16.6. The van der Waals surface area contributed by atoms with Crippen LogP contribution in [0.25, 0.3) is 0 Å². The van der Waals surface area contributed by atoms with Gasteiger partial charge in [-0.15, -0.1) is 12.4 Å². The van der Waals surface area contributed by atoms with E-state index in [9.17, 15) is 4.79 Å². The minimum Gasteiger partial charge on any atom is -0.481 e. The van der Waals surface area contributed by atoms with Gasteiger partial charge in [-0.1, -0.05) is 26.0 Å². The Balaban J connectivity index is 0.00000312. The molecule has 142 valence electrons. The summed E-state index contributed by atoms with van der Waals surface area (Å²) < 4.78 is 5.90. The number of rotatable bonds is 7. The van der Waals surface area contributed by atoms with Gasteiger partial charge in [-0.2, -0.15) is 0 Å². The van der Waals surface area contributed by atoms with Crippen molar-refractivity contribution in [2.24, 2.45) is 0 Å². The number of hydrogen-bond acceptors (Lipinski definition) is 4. The van der Waals surface area contributed by atoms with Crippen LogP contribution in [0.3, 0.4) is 0 Å². The molecular weight excluding hydrogens is 338 g/mol. The van der Waals surface area contributed by atoms with E-state index in [0.29, 0.717) is 12.5 Å². The molecule has 2 rings (SSSR count). The van der Waals surface area contributed by atoms with Gasteiger partial charge in [0, 0.05) is 39.3 Å². The summed E-state index contributed by atoms with van der Waals surface area (Å²) in [4.78, 5) is 14.6. The Labute approximate surface area is 157 Å². The van der Waals surface area contributed by atoms with Gasteiger partial charge in [0.2, 0.25) is 0 Å². The number of carbonyl (C=O) groups is 1. The van der Waals surface area contributed by atoms with Gasteiger partial charge in [0.1, 0.15) is 5.75 Å². The quantitative estimate of drug-likeness (QED) is 0.774. The number of ether oxygens (including phenoxy) is 1. The monoisotopic (exact) mass is 369 g/mol. The lowest BCUT2D eigenvalue weighted by atomic mass is 10.0. The maximum Gasteiger partial charge on any atom is 0.260 e. The molecule has 5 nitrogen and oxygen atoms in total. The third kappa shape index (κ3) is 6.84. The minimum absolute atomic E-state index is 0. The van der Waals surface area contributed by atoms with Gasteiger partial charge in [0.25, 0.3) is 5.91 Å². The van der Waals surface area contributed by atoms with Crippen LogP contribution < -0.4 is 15.4 Å². The van der Waals surface area contributed by atoms with E-state index in [4.69, 9.17) is 4.74 Å². The van der Waals surface area contributed by atoms with E-state index in [1.807, 2.05) is 19.9 Å². The lowest BCUT2D eigenvalue weighted by Crippen LogP contribution is -2.47. The number of amides is 1. The molecule has 1 aromatic rings. The summed E-state index contributed by atoms with van der Waals surface area (Å²) in [5.74, 6) is 1.18. The zero-order chi connectivity index (χ0) is 17.5. The highest BCUT2D eigenvalue weighted by Crippen LogP contribution is 2.25. The molecule has 0 saturated carbocycles. The highest BCUT2D eigenvalue weighted by molar-refractivity contribution is 5.85. The highest BCUT2D eigenvalue weighted by Gasteiger charge is 2.17.